The van der Waals surface area contributed by atoms with Crippen molar-refractivity contribution < 1.29 is 0 Å². The Balaban J connectivity index is 0.884. The largest absolute Gasteiger partial charge is 0.310 e. The van der Waals surface area contributed by atoms with E-state index in [4.69, 9.17) is 0 Å². The summed E-state index contributed by atoms with van der Waals surface area (Å²) in [7, 11) is 0. The Morgan fingerprint density at radius 2 is 0.740 bits per heavy atom. The van der Waals surface area contributed by atoms with Gasteiger partial charge in [-0.05, 0) is 217 Å². The molecule has 2 nitrogen and oxygen atoms in total. The maximum Gasteiger partial charge on any atom is 0.0716 e. The van der Waals surface area contributed by atoms with Crippen LogP contribution in [0.4, 0.5) is 34.1 Å². The monoisotopic (exact) mass is 1230 g/mol. The smallest absolute Gasteiger partial charge is 0.0716 e. The fourth-order valence-corrected chi connectivity index (χ4v) is 16.9. The molecule has 2 unspecified atom stereocenters. The maximum absolute atomic E-state index is 4.54. The number of rotatable bonds is 14. The molecule has 96 heavy (non-hydrogen) atoms. The number of nitrogens with zero attached hydrogens (tertiary/aromatic N) is 2. The van der Waals surface area contributed by atoms with E-state index in [0.717, 1.165) is 50.8 Å². The third-order valence-electron chi connectivity index (χ3n) is 21.4. The molecule has 0 saturated heterocycles. The maximum atomic E-state index is 4.54. The molecule has 0 aliphatic heterocycles. The van der Waals surface area contributed by atoms with E-state index in [1.54, 1.807) is 0 Å². The van der Waals surface area contributed by atoms with Crippen LogP contribution in [0.25, 0.3) is 61.5 Å². The topological polar surface area (TPSA) is 6.48 Å². The van der Waals surface area contributed by atoms with Crippen LogP contribution in [0.3, 0.4) is 0 Å². The van der Waals surface area contributed by atoms with Crippen LogP contribution in [0, 0.1) is 27.7 Å². The van der Waals surface area contributed by atoms with E-state index in [9.17, 15) is 0 Å². The van der Waals surface area contributed by atoms with Gasteiger partial charge in [0.2, 0.25) is 0 Å². The van der Waals surface area contributed by atoms with E-state index < -0.39 is 16.2 Å². The summed E-state index contributed by atoms with van der Waals surface area (Å²) in [6.07, 6.45) is 10.5. The number of anilines is 6. The number of hydrogen-bond acceptors (Lipinski definition) is 2. The van der Waals surface area contributed by atoms with E-state index in [0.29, 0.717) is 0 Å². The Morgan fingerprint density at radius 3 is 1.23 bits per heavy atom. The fourth-order valence-electron chi connectivity index (χ4n) is 16.9. The summed E-state index contributed by atoms with van der Waals surface area (Å²) >= 11 is 0. The minimum Gasteiger partial charge on any atom is -0.310 e. The van der Waals surface area contributed by atoms with Gasteiger partial charge in [0.05, 0.1) is 22.2 Å². The predicted octanol–water partition coefficient (Wildman–Crippen LogP) is 25.0. The molecule has 0 amide bonds. The van der Waals surface area contributed by atoms with Crippen LogP contribution in [-0.2, 0) is 16.2 Å². The first-order valence-electron chi connectivity index (χ1n) is 33.7. The van der Waals surface area contributed by atoms with Gasteiger partial charge in [0.1, 0.15) is 0 Å². The highest BCUT2D eigenvalue weighted by molar-refractivity contribution is 6.03. The highest BCUT2D eigenvalue weighted by Gasteiger charge is 2.49. The van der Waals surface area contributed by atoms with Crippen LogP contribution in [-0.4, -0.2) is 0 Å². The van der Waals surface area contributed by atoms with E-state index >= 15 is 0 Å². The normalized spacial score (nSPS) is 16.3. The van der Waals surface area contributed by atoms with Crippen LogP contribution in [0.2, 0.25) is 0 Å². The van der Waals surface area contributed by atoms with Gasteiger partial charge in [0, 0.05) is 38.9 Å². The highest BCUT2D eigenvalue weighted by atomic mass is 15.2. The van der Waals surface area contributed by atoms with Crippen LogP contribution >= 0.6 is 0 Å². The second-order valence-corrected chi connectivity index (χ2v) is 27.1. The van der Waals surface area contributed by atoms with Crippen LogP contribution in [0.5, 0.6) is 0 Å². The second-order valence-electron chi connectivity index (χ2n) is 27.1. The number of benzene rings is 13. The van der Waals surface area contributed by atoms with Gasteiger partial charge in [-0.15, -0.1) is 0 Å². The SMILES string of the molecule is C=CC1=C(/C=C\C)C(c2ccc(C=C)cc2)(c2cc(C)ccc2C)c2cc(N(c3ccc4c(c3)C(C)(C)c3cc(N(c5ccc6c(c5)C(c5ccc(C=C)cc5)(c5cc(C)ccc5C)c5ccccc5-6)c5cccc6ccccc56)ccc3-4)c3cccc4ccccc34)ccc21. The Hall–Kier alpha value is -11.3. The number of hydrogen-bond donors (Lipinski definition) is 0. The van der Waals surface area contributed by atoms with Crippen molar-refractivity contribution >= 4 is 73.4 Å². The summed E-state index contributed by atoms with van der Waals surface area (Å²) in [5, 5.41) is 4.73. The second kappa shape index (κ2) is 23.0. The molecular weight excluding hydrogens is 1160 g/mol. The van der Waals surface area contributed by atoms with Crippen molar-refractivity contribution in [3.63, 3.8) is 0 Å². The lowest BCUT2D eigenvalue weighted by Gasteiger charge is -2.37. The van der Waals surface area contributed by atoms with Gasteiger partial charge in [0.15, 0.2) is 0 Å². The Morgan fingerprint density at radius 1 is 0.333 bits per heavy atom. The molecule has 2 atom stereocenters. The van der Waals surface area contributed by atoms with E-state index in [1.807, 2.05) is 12.2 Å². The van der Waals surface area contributed by atoms with Crippen molar-refractivity contribution in [2.45, 2.75) is 64.7 Å². The molecule has 0 saturated carbocycles. The quantitative estimate of drug-likeness (QED) is 0.107. The molecular formula is C94H76N2. The Bertz CT molecular complexity index is 5440. The van der Waals surface area contributed by atoms with E-state index in [-0.39, 0.29) is 0 Å². The molecule has 0 fully saturated rings. The molecule has 13 aromatic rings. The zero-order chi connectivity index (χ0) is 65.8. The minimum absolute atomic E-state index is 0.419. The molecule has 462 valence electrons. The van der Waals surface area contributed by atoms with Gasteiger partial charge in [0.25, 0.3) is 0 Å². The standard InChI is InChI=1S/C94H76N2/c1-11-23-82-74(14-4)78-50-46-72(58-88(78)93(82,68-42-38-64(12-2)39-43-68)84-54-60(5)34-36-62(84)7)95(90-32-21-26-66-24-15-17-28-75(66)90)70-47-51-79-80-52-48-71(57-87(80)92(9,10)86(79)56-70)96(91-33-22-27-67-25-16-18-29-76(67)91)73-49-53-81-77-30-19-20-31-83(77)94(89(81)59-73,69-44-40-65(13-3)41-45-69)85-55-61(6)35-37-63(85)8/h11-59H,2-4H2,1,5-10H3/b23-11-. The number of allylic oxidation sites excluding steroid dienone is 5. The van der Waals surface area contributed by atoms with Crippen molar-refractivity contribution in [1.82, 2.24) is 0 Å². The lowest BCUT2D eigenvalue weighted by atomic mass is 9.65. The molecule has 3 aliphatic carbocycles. The van der Waals surface area contributed by atoms with Crippen molar-refractivity contribution in [3.05, 3.63) is 399 Å². The average molecular weight is 1230 g/mol. The third kappa shape index (κ3) is 8.92. The van der Waals surface area contributed by atoms with Crippen molar-refractivity contribution in [2.24, 2.45) is 0 Å². The molecule has 0 heterocycles. The molecule has 13 aromatic carbocycles. The third-order valence-corrected chi connectivity index (χ3v) is 21.4. The molecule has 2 heteroatoms. The minimum atomic E-state index is -0.688. The van der Waals surface area contributed by atoms with Crippen LogP contribution in [0.15, 0.2) is 310 Å². The first-order chi connectivity index (χ1) is 46.8. The zero-order valence-electron chi connectivity index (χ0n) is 55.8. The lowest BCUT2D eigenvalue weighted by molar-refractivity contribution is 0.660. The van der Waals surface area contributed by atoms with Gasteiger partial charge in [-0.2, -0.15) is 0 Å². The van der Waals surface area contributed by atoms with Gasteiger partial charge in [-0.3, -0.25) is 0 Å². The predicted molar refractivity (Wildman–Crippen MR) is 410 cm³/mol. The molecule has 0 spiro atoms. The Labute approximate surface area is 566 Å². The molecule has 0 radical (unpaired) electrons. The summed E-state index contributed by atoms with van der Waals surface area (Å²) < 4.78 is 0. The fraction of sp³-hybridized carbons (Fsp3) is 0.106. The molecule has 0 bridgehead atoms. The number of aryl methyl sites for hydroxylation is 4. The van der Waals surface area contributed by atoms with Crippen LogP contribution in [0.1, 0.15) is 110 Å². The molecule has 0 N–H and O–H groups in total. The number of fused-ring (bicyclic) bond motifs is 9. The van der Waals surface area contributed by atoms with E-state index in [2.05, 4.69) is 363 Å². The van der Waals surface area contributed by atoms with E-state index in [1.165, 1.54) is 127 Å². The molecule has 0 aromatic heterocycles. The first kappa shape index (κ1) is 59.7. The Kier molecular flexibility index (Phi) is 14.3. The summed E-state index contributed by atoms with van der Waals surface area (Å²) in [5.74, 6) is 0. The zero-order valence-corrected chi connectivity index (χ0v) is 55.8. The summed E-state index contributed by atoms with van der Waals surface area (Å²) in [6, 6.07) is 101. The molecule has 3 aliphatic rings. The summed E-state index contributed by atoms with van der Waals surface area (Å²) in [6.45, 7) is 28.8. The average Bonchev–Trinajstić information content (AvgIpc) is 1.55. The van der Waals surface area contributed by atoms with Gasteiger partial charge in [-0.1, -0.05) is 281 Å². The summed E-state index contributed by atoms with van der Waals surface area (Å²) in [5.41, 5.74) is 31.8. The van der Waals surface area contributed by atoms with Gasteiger partial charge >= 0.3 is 0 Å². The van der Waals surface area contributed by atoms with Crippen molar-refractivity contribution in [3.8, 4) is 22.3 Å². The summed E-state index contributed by atoms with van der Waals surface area (Å²) in [4.78, 5) is 5.05. The van der Waals surface area contributed by atoms with Gasteiger partial charge in [-0.25, -0.2) is 0 Å². The van der Waals surface area contributed by atoms with Gasteiger partial charge < -0.3 is 9.80 Å². The van der Waals surface area contributed by atoms with Crippen molar-refractivity contribution in [2.75, 3.05) is 9.80 Å². The lowest BCUT2D eigenvalue weighted by Crippen LogP contribution is -2.31. The first-order valence-corrected chi connectivity index (χ1v) is 33.7. The van der Waals surface area contributed by atoms with Crippen LogP contribution < -0.4 is 9.80 Å². The molecule has 16 rings (SSSR count). The van der Waals surface area contributed by atoms with Crippen molar-refractivity contribution in [1.29, 1.82) is 0 Å². The highest BCUT2D eigenvalue weighted by Crippen LogP contribution is 2.61.